The van der Waals surface area contributed by atoms with Gasteiger partial charge in [0.05, 0.1) is 46.1 Å². The lowest BCUT2D eigenvalue weighted by Gasteiger charge is -2.45. The van der Waals surface area contributed by atoms with Gasteiger partial charge < -0.3 is 24.2 Å². The molecule has 8 heteroatoms. The molecule has 0 radical (unpaired) electrons. The van der Waals surface area contributed by atoms with E-state index in [1.54, 1.807) is 20.8 Å². The second-order valence-corrected chi connectivity index (χ2v) is 9.89. The molecule has 1 aliphatic rings. The van der Waals surface area contributed by atoms with Crippen LogP contribution in [0, 0.1) is 0 Å². The monoisotopic (exact) mass is 543 g/mol. The summed E-state index contributed by atoms with van der Waals surface area (Å²) in [6.07, 6.45) is 0.920. The zero-order chi connectivity index (χ0) is 28.5. The number of anilines is 3. The summed E-state index contributed by atoms with van der Waals surface area (Å²) in [6.45, 7) is 7.95. The van der Waals surface area contributed by atoms with Crippen LogP contribution in [-0.2, 0) is 43.1 Å². The third-order valence-corrected chi connectivity index (χ3v) is 6.69. The second-order valence-electron chi connectivity index (χ2n) is 9.89. The number of benzene rings is 3. The molecule has 0 amide bonds. The molecule has 0 aliphatic carbocycles. The van der Waals surface area contributed by atoms with E-state index in [-0.39, 0.29) is 30.6 Å². The van der Waals surface area contributed by atoms with Crippen LogP contribution in [-0.4, -0.2) is 50.9 Å². The minimum Gasteiger partial charge on any atom is -0.466 e. The molecule has 3 aromatic rings. The van der Waals surface area contributed by atoms with Crippen molar-refractivity contribution in [1.29, 1.82) is 0 Å². The summed E-state index contributed by atoms with van der Waals surface area (Å²) in [5.74, 6) is -0.323. The lowest BCUT2D eigenvalue weighted by molar-refractivity contribution is -0.143. The van der Waals surface area contributed by atoms with E-state index >= 15 is 0 Å². The van der Waals surface area contributed by atoms with Gasteiger partial charge in [-0.25, -0.2) is 0 Å². The molecule has 40 heavy (non-hydrogen) atoms. The molecule has 0 atom stereocenters. The highest BCUT2D eigenvalue weighted by Crippen LogP contribution is 2.27. The lowest BCUT2D eigenvalue weighted by atomic mass is 10.1. The van der Waals surface area contributed by atoms with Crippen LogP contribution in [0.2, 0.25) is 0 Å². The van der Waals surface area contributed by atoms with Gasteiger partial charge in [-0.2, -0.15) is 0 Å². The highest BCUT2D eigenvalue weighted by atomic mass is 16.5. The van der Waals surface area contributed by atoms with Crippen LogP contribution in [0.15, 0.2) is 72.8 Å². The highest BCUT2D eigenvalue weighted by Gasteiger charge is 2.25. The number of Topliss-reactive ketones (excluding diaryl/α,β-unsaturated/α-hetero) is 1. The first-order valence-electron chi connectivity index (χ1n) is 13.7. The highest BCUT2D eigenvalue weighted by molar-refractivity contribution is 5.78. The first kappa shape index (κ1) is 28.7. The first-order valence-corrected chi connectivity index (χ1v) is 13.7. The molecule has 3 aromatic carbocycles. The Morgan fingerprint density at radius 2 is 0.850 bits per heavy atom. The number of carbonyl (C=O) groups excluding carboxylic acids is 3. The van der Waals surface area contributed by atoms with Crippen molar-refractivity contribution in [3.8, 4) is 0 Å². The topological polar surface area (TPSA) is 79.4 Å². The van der Waals surface area contributed by atoms with Crippen molar-refractivity contribution in [2.24, 2.45) is 0 Å². The summed E-state index contributed by atoms with van der Waals surface area (Å²) in [4.78, 5) is 42.2. The van der Waals surface area contributed by atoms with E-state index in [9.17, 15) is 14.4 Å². The number of esters is 2. The smallest absolute Gasteiger partial charge is 0.310 e. The summed E-state index contributed by atoms with van der Waals surface area (Å²) in [5.41, 5.74) is 5.94. The molecule has 0 bridgehead atoms. The van der Waals surface area contributed by atoms with Crippen molar-refractivity contribution in [3.63, 3.8) is 0 Å². The molecular formula is C32H37N3O5. The Balaban J connectivity index is 1.55. The maximum absolute atomic E-state index is 11.9. The number of hydrogen-bond acceptors (Lipinski definition) is 8. The lowest BCUT2D eigenvalue weighted by Crippen LogP contribution is -2.55. The zero-order valence-corrected chi connectivity index (χ0v) is 23.5. The van der Waals surface area contributed by atoms with Crippen molar-refractivity contribution in [1.82, 2.24) is 0 Å². The van der Waals surface area contributed by atoms with E-state index in [4.69, 9.17) is 9.47 Å². The third-order valence-electron chi connectivity index (χ3n) is 6.69. The average molecular weight is 544 g/mol. The minimum absolute atomic E-state index is 0.140. The van der Waals surface area contributed by atoms with Gasteiger partial charge in [-0.1, -0.05) is 36.4 Å². The second kappa shape index (κ2) is 13.6. The van der Waals surface area contributed by atoms with Gasteiger partial charge in [-0.15, -0.1) is 0 Å². The fourth-order valence-corrected chi connectivity index (χ4v) is 4.76. The molecule has 0 N–H and O–H groups in total. The van der Waals surface area contributed by atoms with Crippen molar-refractivity contribution in [2.45, 2.75) is 40.0 Å². The maximum Gasteiger partial charge on any atom is 0.310 e. The first-order chi connectivity index (χ1) is 19.3. The molecule has 1 fully saturated rings. The Bertz CT molecular complexity index is 1220. The quantitative estimate of drug-likeness (QED) is 0.321. The van der Waals surface area contributed by atoms with Gasteiger partial charge in [0.25, 0.3) is 0 Å². The predicted molar refractivity (Wildman–Crippen MR) is 156 cm³/mol. The number of rotatable bonds is 11. The molecule has 1 aliphatic heterocycles. The molecule has 1 saturated heterocycles. The van der Waals surface area contributed by atoms with Gasteiger partial charge in [-0.05, 0) is 73.9 Å². The Labute approximate surface area is 236 Å². The van der Waals surface area contributed by atoms with Gasteiger partial charge in [-0.3, -0.25) is 14.4 Å². The van der Waals surface area contributed by atoms with E-state index in [1.807, 2.05) is 60.7 Å². The molecule has 0 spiro atoms. The Morgan fingerprint density at radius 1 is 0.550 bits per heavy atom. The van der Waals surface area contributed by atoms with Crippen molar-refractivity contribution >= 4 is 34.8 Å². The summed E-state index contributed by atoms with van der Waals surface area (Å²) >= 11 is 0. The summed E-state index contributed by atoms with van der Waals surface area (Å²) in [6, 6.07) is 24.2. The summed E-state index contributed by atoms with van der Waals surface area (Å²) < 4.78 is 10.2. The largest absolute Gasteiger partial charge is 0.466 e. The standard InChI is InChI=1S/C32H37N3O5/c1-4-39-31(37)19-26-8-14-29(15-9-26)34-21-33(28-12-6-25(7-13-28)18-24(3)36)22-35(23-34)30-16-10-27(11-17-30)20-32(38)40-5-2/h6-17H,4-5,18-23H2,1-3H3. The molecule has 0 aromatic heterocycles. The summed E-state index contributed by atoms with van der Waals surface area (Å²) in [5, 5.41) is 0. The van der Waals surface area contributed by atoms with Crippen LogP contribution < -0.4 is 14.7 Å². The molecule has 210 valence electrons. The van der Waals surface area contributed by atoms with Crippen molar-refractivity contribution in [3.05, 3.63) is 89.5 Å². The number of ketones is 1. The Hall–Kier alpha value is -4.33. The molecule has 0 unspecified atom stereocenters. The van der Waals surface area contributed by atoms with Crippen LogP contribution in [0.25, 0.3) is 0 Å². The normalized spacial score (nSPS) is 13.2. The average Bonchev–Trinajstić information content (AvgIpc) is 2.94. The zero-order valence-electron chi connectivity index (χ0n) is 23.5. The molecule has 0 saturated carbocycles. The van der Waals surface area contributed by atoms with Gasteiger partial charge >= 0.3 is 11.9 Å². The van der Waals surface area contributed by atoms with Crippen molar-refractivity contribution in [2.75, 3.05) is 47.9 Å². The Morgan fingerprint density at radius 3 is 1.12 bits per heavy atom. The van der Waals surface area contributed by atoms with Crippen molar-refractivity contribution < 1.29 is 23.9 Å². The predicted octanol–water partition coefficient (Wildman–Crippen LogP) is 4.74. The van der Waals surface area contributed by atoms with E-state index in [0.717, 1.165) is 33.8 Å². The fraction of sp³-hybridized carbons (Fsp3) is 0.344. The number of hydrogen-bond donors (Lipinski definition) is 0. The number of nitrogens with zero attached hydrogens (tertiary/aromatic N) is 3. The minimum atomic E-state index is -0.231. The van der Waals surface area contributed by atoms with Crippen LogP contribution in [0.3, 0.4) is 0 Å². The van der Waals surface area contributed by atoms with E-state index < -0.39 is 0 Å². The van der Waals surface area contributed by atoms with Crippen LogP contribution in [0.5, 0.6) is 0 Å². The van der Waals surface area contributed by atoms with Crippen LogP contribution in [0.1, 0.15) is 37.5 Å². The van der Waals surface area contributed by atoms with Gasteiger partial charge in [0.1, 0.15) is 5.78 Å². The third kappa shape index (κ3) is 7.85. The van der Waals surface area contributed by atoms with Gasteiger partial charge in [0, 0.05) is 23.5 Å². The molecule has 8 nitrogen and oxygen atoms in total. The number of ether oxygens (including phenoxy) is 2. The van der Waals surface area contributed by atoms with Crippen LogP contribution in [0.4, 0.5) is 17.1 Å². The number of carbonyl (C=O) groups is 3. The molecule has 1 heterocycles. The maximum atomic E-state index is 11.9. The SMILES string of the molecule is CCOC(=O)Cc1ccc(N2CN(c3ccc(CC(C)=O)cc3)CN(c3ccc(CC(=O)OCC)cc3)C2)cc1. The van der Waals surface area contributed by atoms with E-state index in [2.05, 4.69) is 26.8 Å². The van der Waals surface area contributed by atoms with E-state index in [1.165, 1.54) is 0 Å². The van der Waals surface area contributed by atoms with Gasteiger partial charge in [0.15, 0.2) is 0 Å². The van der Waals surface area contributed by atoms with Gasteiger partial charge in [0.2, 0.25) is 0 Å². The summed E-state index contributed by atoms with van der Waals surface area (Å²) in [7, 11) is 0. The molecule has 4 rings (SSSR count). The van der Waals surface area contributed by atoms with E-state index in [0.29, 0.717) is 39.6 Å². The Kier molecular flexibility index (Phi) is 9.78. The fourth-order valence-electron chi connectivity index (χ4n) is 4.76. The molecular weight excluding hydrogens is 506 g/mol. The van der Waals surface area contributed by atoms with Crippen LogP contribution >= 0.6 is 0 Å².